The molecule has 6 nitrogen and oxygen atoms in total. The number of anilines is 2. The van der Waals surface area contributed by atoms with Crippen molar-refractivity contribution in [1.29, 1.82) is 0 Å². The Bertz CT molecular complexity index is 586. The molecule has 0 saturated heterocycles. The number of carbonyl (C=O) groups is 2. The predicted octanol–water partition coefficient (Wildman–Crippen LogP) is 2.37. The molecule has 0 spiro atoms. The summed E-state index contributed by atoms with van der Waals surface area (Å²) in [6.07, 6.45) is 1.06. The summed E-state index contributed by atoms with van der Waals surface area (Å²) in [5.74, 6) is 0.312. The molecule has 1 aromatic rings. The van der Waals surface area contributed by atoms with Crippen molar-refractivity contribution in [3.05, 3.63) is 18.2 Å². The van der Waals surface area contributed by atoms with Crippen molar-refractivity contribution in [3.63, 3.8) is 0 Å². The Balaban J connectivity index is 2.23. The summed E-state index contributed by atoms with van der Waals surface area (Å²) in [6, 6.07) is 5.66. The molecule has 0 aliphatic carbocycles. The van der Waals surface area contributed by atoms with E-state index in [1.165, 1.54) is 0 Å². The SMILES string of the molecule is CC(C)CCN(CCC(=O)O)c1ccc2c(c1)N(C)C(=O)CO2. The van der Waals surface area contributed by atoms with Gasteiger partial charge in [-0.3, -0.25) is 9.59 Å². The summed E-state index contributed by atoms with van der Waals surface area (Å²) in [4.78, 5) is 26.3. The first kappa shape index (κ1) is 17.1. The van der Waals surface area contributed by atoms with Gasteiger partial charge in [0.15, 0.2) is 6.61 Å². The summed E-state index contributed by atoms with van der Waals surface area (Å²) in [5, 5.41) is 8.96. The van der Waals surface area contributed by atoms with Crippen LogP contribution < -0.4 is 14.5 Å². The van der Waals surface area contributed by atoms with Crippen molar-refractivity contribution < 1.29 is 19.4 Å². The van der Waals surface area contributed by atoms with E-state index in [1.54, 1.807) is 11.9 Å². The Morgan fingerprint density at radius 3 is 2.78 bits per heavy atom. The van der Waals surface area contributed by atoms with Crippen molar-refractivity contribution in [2.24, 2.45) is 5.92 Å². The van der Waals surface area contributed by atoms with Crippen LogP contribution in [0.15, 0.2) is 18.2 Å². The summed E-state index contributed by atoms with van der Waals surface area (Å²) in [7, 11) is 1.73. The number of hydrogen-bond donors (Lipinski definition) is 1. The van der Waals surface area contributed by atoms with Gasteiger partial charge in [0.05, 0.1) is 12.1 Å². The van der Waals surface area contributed by atoms with E-state index in [9.17, 15) is 9.59 Å². The largest absolute Gasteiger partial charge is 0.482 e. The van der Waals surface area contributed by atoms with Crippen LogP contribution in [-0.2, 0) is 9.59 Å². The standard InChI is InChI=1S/C17H24N2O4/c1-12(2)6-8-19(9-7-17(21)22)13-4-5-15-14(10-13)18(3)16(20)11-23-15/h4-5,10,12H,6-9,11H2,1-3H3,(H,21,22). The quantitative estimate of drug-likeness (QED) is 0.835. The highest BCUT2D eigenvalue weighted by atomic mass is 16.5. The van der Waals surface area contributed by atoms with E-state index >= 15 is 0 Å². The zero-order valence-electron chi connectivity index (χ0n) is 13.9. The molecule has 1 aliphatic heterocycles. The zero-order valence-corrected chi connectivity index (χ0v) is 13.9. The molecular formula is C17H24N2O4. The van der Waals surface area contributed by atoms with Crippen molar-refractivity contribution in [1.82, 2.24) is 0 Å². The summed E-state index contributed by atoms with van der Waals surface area (Å²) in [6.45, 7) is 5.56. The number of aliphatic carboxylic acids is 1. The van der Waals surface area contributed by atoms with Crippen LogP contribution in [0.2, 0.25) is 0 Å². The first-order valence-electron chi connectivity index (χ1n) is 7.88. The number of carboxylic acid groups (broad SMARTS) is 1. The van der Waals surface area contributed by atoms with Crippen LogP contribution in [0.4, 0.5) is 11.4 Å². The van der Waals surface area contributed by atoms with Gasteiger partial charge in [0.1, 0.15) is 5.75 Å². The molecule has 0 radical (unpaired) electrons. The van der Waals surface area contributed by atoms with E-state index in [0.717, 1.165) is 24.3 Å². The molecular weight excluding hydrogens is 296 g/mol. The van der Waals surface area contributed by atoms with Crippen molar-refractivity contribution in [2.75, 3.05) is 36.5 Å². The fraction of sp³-hybridized carbons (Fsp3) is 0.529. The van der Waals surface area contributed by atoms with Crippen LogP contribution in [0.1, 0.15) is 26.7 Å². The smallest absolute Gasteiger partial charge is 0.305 e. The van der Waals surface area contributed by atoms with Crippen molar-refractivity contribution in [3.8, 4) is 5.75 Å². The number of likely N-dealkylation sites (N-methyl/N-ethyl adjacent to an activating group) is 1. The molecule has 1 heterocycles. The number of nitrogens with zero attached hydrogens (tertiary/aromatic N) is 2. The highest BCUT2D eigenvalue weighted by Gasteiger charge is 2.23. The minimum atomic E-state index is -0.812. The minimum absolute atomic E-state index is 0.0545. The Hall–Kier alpha value is -2.24. The summed E-state index contributed by atoms with van der Waals surface area (Å²) >= 11 is 0. The second-order valence-corrected chi connectivity index (χ2v) is 6.21. The molecule has 0 saturated carbocycles. The van der Waals surface area contributed by atoms with E-state index in [4.69, 9.17) is 9.84 Å². The Kier molecular flexibility index (Phi) is 5.47. The first-order valence-corrected chi connectivity index (χ1v) is 7.88. The van der Waals surface area contributed by atoms with Gasteiger partial charge in [0.2, 0.25) is 0 Å². The zero-order chi connectivity index (χ0) is 17.0. The molecule has 1 aromatic carbocycles. The second-order valence-electron chi connectivity index (χ2n) is 6.21. The number of fused-ring (bicyclic) bond motifs is 1. The molecule has 0 fully saturated rings. The minimum Gasteiger partial charge on any atom is -0.482 e. The number of benzene rings is 1. The fourth-order valence-electron chi connectivity index (χ4n) is 2.47. The van der Waals surface area contributed by atoms with Crippen LogP contribution in [0.3, 0.4) is 0 Å². The van der Waals surface area contributed by atoms with Crippen molar-refractivity contribution in [2.45, 2.75) is 26.7 Å². The van der Waals surface area contributed by atoms with E-state index in [-0.39, 0.29) is 18.9 Å². The number of carboxylic acids is 1. The molecule has 2 rings (SSSR count). The second kappa shape index (κ2) is 7.35. The number of ether oxygens (including phenoxy) is 1. The van der Waals surface area contributed by atoms with Gasteiger partial charge in [-0.15, -0.1) is 0 Å². The van der Waals surface area contributed by atoms with Crippen LogP contribution in [-0.4, -0.2) is 43.7 Å². The van der Waals surface area contributed by atoms with Gasteiger partial charge in [-0.25, -0.2) is 0 Å². The van der Waals surface area contributed by atoms with Crippen LogP contribution >= 0.6 is 0 Å². The summed E-state index contributed by atoms with van der Waals surface area (Å²) in [5.41, 5.74) is 1.64. The van der Waals surface area contributed by atoms with E-state index < -0.39 is 5.97 Å². The third-order valence-electron chi connectivity index (χ3n) is 3.97. The molecule has 1 N–H and O–H groups in total. The van der Waals surface area contributed by atoms with Gasteiger partial charge in [0, 0.05) is 25.8 Å². The molecule has 1 aliphatic rings. The van der Waals surface area contributed by atoms with E-state index in [0.29, 0.717) is 18.2 Å². The molecule has 126 valence electrons. The van der Waals surface area contributed by atoms with Gasteiger partial charge in [-0.2, -0.15) is 0 Å². The van der Waals surface area contributed by atoms with E-state index in [2.05, 4.69) is 18.7 Å². The number of amides is 1. The van der Waals surface area contributed by atoms with Crippen LogP contribution in [0.5, 0.6) is 5.75 Å². The molecule has 0 atom stereocenters. The maximum Gasteiger partial charge on any atom is 0.305 e. The molecule has 0 unspecified atom stereocenters. The third-order valence-corrected chi connectivity index (χ3v) is 3.97. The molecule has 0 bridgehead atoms. The maximum atomic E-state index is 11.8. The Labute approximate surface area is 136 Å². The fourth-order valence-corrected chi connectivity index (χ4v) is 2.47. The number of hydrogen-bond acceptors (Lipinski definition) is 4. The lowest BCUT2D eigenvalue weighted by molar-refractivity contribution is -0.136. The first-order chi connectivity index (χ1) is 10.9. The topological polar surface area (TPSA) is 70.1 Å². The highest BCUT2D eigenvalue weighted by molar-refractivity contribution is 5.97. The normalized spacial score (nSPS) is 13.7. The average molecular weight is 320 g/mol. The Morgan fingerprint density at radius 1 is 1.39 bits per heavy atom. The van der Waals surface area contributed by atoms with Crippen molar-refractivity contribution >= 4 is 23.3 Å². The lowest BCUT2D eigenvalue weighted by atomic mass is 10.1. The predicted molar refractivity (Wildman–Crippen MR) is 89.3 cm³/mol. The lowest BCUT2D eigenvalue weighted by Crippen LogP contribution is -2.36. The third kappa shape index (κ3) is 4.37. The monoisotopic (exact) mass is 320 g/mol. The number of rotatable bonds is 7. The molecule has 6 heteroatoms. The molecule has 0 aromatic heterocycles. The lowest BCUT2D eigenvalue weighted by Gasteiger charge is -2.30. The van der Waals surface area contributed by atoms with Crippen LogP contribution in [0.25, 0.3) is 0 Å². The van der Waals surface area contributed by atoms with Crippen LogP contribution in [0, 0.1) is 5.92 Å². The van der Waals surface area contributed by atoms with Gasteiger partial charge in [-0.1, -0.05) is 13.8 Å². The molecule has 23 heavy (non-hydrogen) atoms. The van der Waals surface area contributed by atoms with Gasteiger partial charge >= 0.3 is 5.97 Å². The maximum absolute atomic E-state index is 11.8. The summed E-state index contributed by atoms with van der Waals surface area (Å²) < 4.78 is 5.43. The molecule has 1 amide bonds. The Morgan fingerprint density at radius 2 is 2.13 bits per heavy atom. The van der Waals surface area contributed by atoms with Gasteiger partial charge in [0.25, 0.3) is 5.91 Å². The number of carbonyl (C=O) groups excluding carboxylic acids is 1. The van der Waals surface area contributed by atoms with Gasteiger partial charge in [-0.05, 0) is 30.5 Å². The van der Waals surface area contributed by atoms with Gasteiger partial charge < -0.3 is 19.6 Å². The average Bonchev–Trinajstić information content (AvgIpc) is 2.50. The highest BCUT2D eigenvalue weighted by Crippen LogP contribution is 2.35. The van der Waals surface area contributed by atoms with E-state index in [1.807, 2.05) is 18.2 Å².